The molecule has 0 aliphatic carbocycles. The van der Waals surface area contributed by atoms with Gasteiger partial charge in [0.2, 0.25) is 0 Å². The Kier molecular flexibility index (Phi) is 6.81. The Hall–Kier alpha value is -3.29. The number of esters is 1. The number of ether oxygens (including phenoxy) is 1. The number of nitrogens with one attached hydrogen (secondary N) is 2. The smallest absolute Gasteiger partial charge is 0.326 e. The summed E-state index contributed by atoms with van der Waals surface area (Å²) in [6.45, 7) is 4.60. The fourth-order valence-electron chi connectivity index (χ4n) is 2.26. The van der Waals surface area contributed by atoms with Crippen molar-refractivity contribution in [2.45, 2.75) is 26.9 Å². The average Bonchev–Trinajstić information content (AvgIpc) is 2.64. The molecule has 0 radical (unpaired) electrons. The zero-order chi connectivity index (χ0) is 20.8. The molecular weight excluding hydrogens is 370 g/mol. The van der Waals surface area contributed by atoms with Crippen LogP contribution >= 0.6 is 0 Å². The number of amides is 2. The number of carbonyl (C=O) groups excluding carboxylic acids is 3. The maximum atomic E-state index is 13.5. The zero-order valence-corrected chi connectivity index (χ0v) is 15.6. The largest absolute Gasteiger partial charge is 0.451 e. The van der Waals surface area contributed by atoms with E-state index in [1.165, 1.54) is 6.92 Å². The van der Waals surface area contributed by atoms with Crippen LogP contribution in [0.15, 0.2) is 36.4 Å². The molecule has 0 heterocycles. The highest BCUT2D eigenvalue weighted by Crippen LogP contribution is 2.16. The van der Waals surface area contributed by atoms with Crippen LogP contribution in [0.25, 0.3) is 0 Å². The van der Waals surface area contributed by atoms with Gasteiger partial charge >= 0.3 is 5.97 Å². The van der Waals surface area contributed by atoms with Crippen molar-refractivity contribution in [1.29, 1.82) is 0 Å². The third-order valence-corrected chi connectivity index (χ3v) is 4.03. The van der Waals surface area contributed by atoms with E-state index >= 15 is 0 Å². The number of halogens is 2. The van der Waals surface area contributed by atoms with Gasteiger partial charge in [-0.15, -0.1) is 0 Å². The molecule has 0 bridgehead atoms. The molecule has 8 heteroatoms. The number of anilines is 1. The molecule has 28 heavy (non-hydrogen) atoms. The van der Waals surface area contributed by atoms with E-state index < -0.39 is 42.1 Å². The van der Waals surface area contributed by atoms with Gasteiger partial charge in [-0.25, -0.2) is 8.78 Å². The van der Waals surface area contributed by atoms with Crippen molar-refractivity contribution in [3.05, 3.63) is 64.7 Å². The molecule has 2 aromatic rings. The lowest BCUT2D eigenvalue weighted by Gasteiger charge is -2.14. The van der Waals surface area contributed by atoms with Gasteiger partial charge in [-0.1, -0.05) is 6.07 Å². The Morgan fingerprint density at radius 2 is 1.75 bits per heavy atom. The topological polar surface area (TPSA) is 84.5 Å². The number of rotatable bonds is 6. The Balaban J connectivity index is 1.86. The van der Waals surface area contributed by atoms with E-state index in [4.69, 9.17) is 4.74 Å². The second-order valence-corrected chi connectivity index (χ2v) is 6.23. The first-order valence-corrected chi connectivity index (χ1v) is 8.48. The summed E-state index contributed by atoms with van der Waals surface area (Å²) in [5, 5.41) is 4.54. The van der Waals surface area contributed by atoms with Crippen LogP contribution < -0.4 is 10.6 Å². The minimum Gasteiger partial charge on any atom is -0.451 e. The predicted molar refractivity (Wildman–Crippen MR) is 98.8 cm³/mol. The second kappa shape index (κ2) is 9.07. The monoisotopic (exact) mass is 390 g/mol. The van der Waals surface area contributed by atoms with Crippen molar-refractivity contribution >= 4 is 23.5 Å². The molecule has 0 saturated carbocycles. The van der Waals surface area contributed by atoms with Crippen molar-refractivity contribution in [2.24, 2.45) is 0 Å². The van der Waals surface area contributed by atoms with E-state index in [2.05, 4.69) is 10.6 Å². The molecule has 1 atom stereocenters. The lowest BCUT2D eigenvalue weighted by Crippen LogP contribution is -2.36. The molecule has 0 aliphatic rings. The van der Waals surface area contributed by atoms with Gasteiger partial charge in [-0.05, 0) is 56.2 Å². The molecule has 0 spiro atoms. The lowest BCUT2D eigenvalue weighted by molar-refractivity contribution is -0.152. The van der Waals surface area contributed by atoms with E-state index in [0.717, 1.165) is 29.3 Å². The molecule has 2 aromatic carbocycles. The highest BCUT2D eigenvalue weighted by atomic mass is 19.1. The second-order valence-electron chi connectivity index (χ2n) is 6.23. The van der Waals surface area contributed by atoms with Crippen molar-refractivity contribution in [1.82, 2.24) is 5.32 Å². The lowest BCUT2D eigenvalue weighted by atomic mass is 10.1. The number of hydrogen-bond acceptors (Lipinski definition) is 4. The van der Waals surface area contributed by atoms with E-state index in [1.54, 1.807) is 18.2 Å². The summed E-state index contributed by atoms with van der Waals surface area (Å²) >= 11 is 0. The van der Waals surface area contributed by atoms with E-state index in [0.29, 0.717) is 5.56 Å². The van der Waals surface area contributed by atoms with Crippen molar-refractivity contribution in [3.8, 4) is 0 Å². The fourth-order valence-corrected chi connectivity index (χ4v) is 2.26. The molecule has 2 N–H and O–H groups in total. The zero-order valence-electron chi connectivity index (χ0n) is 15.6. The van der Waals surface area contributed by atoms with Gasteiger partial charge in [-0.2, -0.15) is 0 Å². The minimum absolute atomic E-state index is 0.365. The highest BCUT2D eigenvalue weighted by molar-refractivity contribution is 5.97. The third-order valence-electron chi connectivity index (χ3n) is 4.03. The Morgan fingerprint density at radius 1 is 1.04 bits per heavy atom. The van der Waals surface area contributed by atoms with Crippen molar-refractivity contribution in [2.75, 3.05) is 11.9 Å². The van der Waals surface area contributed by atoms with Crippen LogP contribution in [0.4, 0.5) is 14.5 Å². The third kappa shape index (κ3) is 5.60. The molecule has 0 saturated heterocycles. The van der Waals surface area contributed by atoms with E-state index in [1.807, 2.05) is 13.8 Å². The van der Waals surface area contributed by atoms with Crippen LogP contribution in [-0.2, 0) is 14.3 Å². The molecule has 0 unspecified atom stereocenters. The molecule has 2 rings (SSSR count). The SMILES string of the molecule is Cc1ccc(C(=O)NCC(=O)O[C@H](C)C(=O)Nc2cc(F)ccc2F)cc1C. The first kappa shape index (κ1) is 21.0. The maximum absolute atomic E-state index is 13.5. The van der Waals surface area contributed by atoms with Gasteiger partial charge in [0.05, 0.1) is 5.69 Å². The van der Waals surface area contributed by atoms with Gasteiger partial charge in [0.1, 0.15) is 18.2 Å². The van der Waals surface area contributed by atoms with Gasteiger partial charge in [0.15, 0.2) is 6.10 Å². The molecule has 0 fully saturated rings. The Morgan fingerprint density at radius 3 is 2.43 bits per heavy atom. The summed E-state index contributed by atoms with van der Waals surface area (Å²) in [6.07, 6.45) is -1.27. The van der Waals surface area contributed by atoms with Crippen LogP contribution in [0.5, 0.6) is 0 Å². The average molecular weight is 390 g/mol. The summed E-state index contributed by atoms with van der Waals surface area (Å²) in [4.78, 5) is 35.9. The standard InChI is InChI=1S/C20H20F2N2O4/c1-11-4-5-14(8-12(11)2)20(27)23-10-18(25)28-13(3)19(26)24-17-9-15(21)6-7-16(17)22/h4-9,13H,10H2,1-3H3,(H,23,27)(H,24,26)/t13-/m1/s1. The molecule has 0 aliphatic heterocycles. The molecule has 0 aromatic heterocycles. The van der Waals surface area contributed by atoms with E-state index in [9.17, 15) is 23.2 Å². The summed E-state index contributed by atoms with van der Waals surface area (Å²) in [5.74, 6) is -3.69. The van der Waals surface area contributed by atoms with Crippen molar-refractivity contribution in [3.63, 3.8) is 0 Å². The summed E-state index contributed by atoms with van der Waals surface area (Å²) in [7, 11) is 0. The van der Waals surface area contributed by atoms with Crippen LogP contribution in [0.1, 0.15) is 28.4 Å². The first-order valence-electron chi connectivity index (χ1n) is 8.48. The summed E-state index contributed by atoms with van der Waals surface area (Å²) in [5.41, 5.74) is 2.00. The molecule has 6 nitrogen and oxygen atoms in total. The quantitative estimate of drug-likeness (QED) is 0.743. The number of carbonyl (C=O) groups is 3. The van der Waals surface area contributed by atoms with Gasteiger partial charge < -0.3 is 15.4 Å². The minimum atomic E-state index is -1.27. The molecule has 148 valence electrons. The summed E-state index contributed by atoms with van der Waals surface area (Å²) < 4.78 is 31.6. The summed E-state index contributed by atoms with van der Waals surface area (Å²) in [6, 6.07) is 7.70. The number of aryl methyl sites for hydroxylation is 2. The normalized spacial score (nSPS) is 11.5. The van der Waals surface area contributed by atoms with Crippen LogP contribution in [0, 0.1) is 25.5 Å². The number of hydrogen-bond donors (Lipinski definition) is 2. The Labute approximate surface area is 160 Å². The Bertz CT molecular complexity index is 915. The number of benzene rings is 2. The van der Waals surface area contributed by atoms with Crippen LogP contribution in [0.2, 0.25) is 0 Å². The van der Waals surface area contributed by atoms with Crippen LogP contribution in [-0.4, -0.2) is 30.4 Å². The van der Waals surface area contributed by atoms with E-state index in [-0.39, 0.29) is 5.69 Å². The molecule has 2 amide bonds. The fraction of sp³-hybridized carbons (Fsp3) is 0.250. The maximum Gasteiger partial charge on any atom is 0.326 e. The highest BCUT2D eigenvalue weighted by Gasteiger charge is 2.20. The van der Waals surface area contributed by atoms with Crippen LogP contribution in [0.3, 0.4) is 0 Å². The molecular formula is C20H20F2N2O4. The first-order chi connectivity index (χ1) is 13.2. The van der Waals surface area contributed by atoms with Crippen molar-refractivity contribution < 1.29 is 27.9 Å². The van der Waals surface area contributed by atoms with Gasteiger partial charge in [0, 0.05) is 11.6 Å². The van der Waals surface area contributed by atoms with Gasteiger partial charge in [-0.3, -0.25) is 14.4 Å². The predicted octanol–water partition coefficient (Wildman–Crippen LogP) is 2.88. The van der Waals surface area contributed by atoms with Gasteiger partial charge in [0.25, 0.3) is 11.8 Å².